The molecule has 1 aliphatic rings. The summed E-state index contributed by atoms with van der Waals surface area (Å²) in [6.07, 6.45) is 3.73. The molecule has 104 valence electrons. The van der Waals surface area contributed by atoms with Crippen molar-refractivity contribution in [2.45, 2.75) is 32.2 Å². The fourth-order valence-corrected chi connectivity index (χ4v) is 2.66. The molecular weight excluding hydrogens is 240 g/mol. The third kappa shape index (κ3) is 3.70. The predicted octanol–water partition coefficient (Wildman–Crippen LogP) is 1.09. The van der Waals surface area contributed by atoms with Crippen molar-refractivity contribution in [3.05, 3.63) is 24.3 Å². The second-order valence-corrected chi connectivity index (χ2v) is 5.23. The second kappa shape index (κ2) is 6.57. The Labute approximate surface area is 114 Å². The lowest BCUT2D eigenvalue weighted by Gasteiger charge is -2.29. The summed E-state index contributed by atoms with van der Waals surface area (Å²) >= 11 is 0. The van der Waals surface area contributed by atoms with E-state index in [2.05, 4.69) is 12.2 Å². The van der Waals surface area contributed by atoms with Gasteiger partial charge >= 0.3 is 0 Å². The highest BCUT2D eigenvalue weighted by atomic mass is 16.5. The summed E-state index contributed by atoms with van der Waals surface area (Å²) in [5.74, 6) is 0.769. The Kier molecular flexibility index (Phi) is 4.80. The summed E-state index contributed by atoms with van der Waals surface area (Å²) < 4.78 is 5.24. The first-order chi connectivity index (χ1) is 9.20. The first-order valence-corrected chi connectivity index (χ1v) is 6.98. The highest BCUT2D eigenvalue weighted by molar-refractivity contribution is 5.92. The number of benzene rings is 1. The van der Waals surface area contributed by atoms with Gasteiger partial charge in [0, 0.05) is 0 Å². The molecule has 4 nitrogen and oxygen atoms in total. The van der Waals surface area contributed by atoms with Crippen LogP contribution in [0.5, 0.6) is 5.75 Å². The van der Waals surface area contributed by atoms with Gasteiger partial charge in [-0.25, -0.2) is 0 Å². The first kappa shape index (κ1) is 13.9. The quantitative estimate of drug-likeness (QED) is 0.854. The van der Waals surface area contributed by atoms with Crippen LogP contribution in [0.4, 0.5) is 5.69 Å². The molecule has 2 N–H and O–H groups in total. The number of hydrogen-bond acceptors (Lipinski definition) is 2. The third-order valence-corrected chi connectivity index (χ3v) is 3.85. The predicted molar refractivity (Wildman–Crippen MR) is 75.6 cm³/mol. The van der Waals surface area contributed by atoms with Crippen LogP contribution in [-0.2, 0) is 4.79 Å². The Morgan fingerprint density at radius 1 is 1.42 bits per heavy atom. The molecule has 0 bridgehead atoms. The molecule has 1 saturated heterocycles. The Bertz CT molecular complexity index is 434. The molecule has 0 aromatic heterocycles. The first-order valence-electron chi connectivity index (χ1n) is 6.98. The van der Waals surface area contributed by atoms with Crippen LogP contribution < -0.4 is 15.0 Å². The van der Waals surface area contributed by atoms with Crippen LogP contribution in [0.3, 0.4) is 0 Å². The molecule has 19 heavy (non-hydrogen) atoms. The molecule has 1 fully saturated rings. The monoisotopic (exact) mass is 263 g/mol. The number of piperidine rings is 1. The zero-order valence-corrected chi connectivity index (χ0v) is 11.7. The molecule has 1 amide bonds. The van der Waals surface area contributed by atoms with E-state index in [0.29, 0.717) is 18.3 Å². The molecule has 2 rings (SSSR count). The molecule has 0 radical (unpaired) electrons. The van der Waals surface area contributed by atoms with Crippen molar-refractivity contribution < 1.29 is 14.4 Å². The molecule has 2 atom stereocenters. The van der Waals surface area contributed by atoms with Gasteiger partial charge in [0.25, 0.3) is 5.91 Å². The fraction of sp³-hybridized carbons (Fsp3) is 0.533. The van der Waals surface area contributed by atoms with Gasteiger partial charge in [-0.2, -0.15) is 0 Å². The number of para-hydroxylation sites is 2. The molecule has 0 saturated carbocycles. The number of carbonyl (C=O) groups excluding carboxylic acids is 1. The van der Waals surface area contributed by atoms with Crippen LogP contribution >= 0.6 is 0 Å². The lowest BCUT2D eigenvalue weighted by Crippen LogP contribution is -3.17. The van der Waals surface area contributed by atoms with Gasteiger partial charge in [-0.15, -0.1) is 0 Å². The van der Waals surface area contributed by atoms with E-state index >= 15 is 0 Å². The third-order valence-electron chi connectivity index (χ3n) is 3.85. The van der Waals surface area contributed by atoms with Gasteiger partial charge in [-0.05, 0) is 38.3 Å². The number of amides is 1. The minimum Gasteiger partial charge on any atom is -0.495 e. The topological polar surface area (TPSA) is 42.8 Å². The normalized spacial score (nSPS) is 22.8. The average molecular weight is 263 g/mol. The molecule has 0 aliphatic carbocycles. The molecule has 1 aliphatic heterocycles. The maximum Gasteiger partial charge on any atom is 0.279 e. The Morgan fingerprint density at radius 2 is 2.21 bits per heavy atom. The van der Waals surface area contributed by atoms with E-state index in [9.17, 15) is 4.79 Å². The van der Waals surface area contributed by atoms with Gasteiger partial charge < -0.3 is 15.0 Å². The van der Waals surface area contributed by atoms with E-state index < -0.39 is 0 Å². The number of carbonyl (C=O) groups is 1. The van der Waals surface area contributed by atoms with Gasteiger partial charge in [-0.3, -0.25) is 4.79 Å². The summed E-state index contributed by atoms with van der Waals surface area (Å²) in [5, 5.41) is 2.94. The standard InChI is InChI=1S/C15H22N2O2/c1-12-7-5-6-10-17(12)11-15(18)16-13-8-3-4-9-14(13)19-2/h3-4,8-9,12H,5-7,10-11H2,1-2H3,(H,16,18)/p+1/t12-/m1/s1. The number of likely N-dealkylation sites (tertiary alicyclic amines) is 1. The van der Waals surface area contributed by atoms with E-state index in [0.717, 1.165) is 12.2 Å². The van der Waals surface area contributed by atoms with Crippen LogP contribution in [0.1, 0.15) is 26.2 Å². The minimum atomic E-state index is 0.0632. The maximum absolute atomic E-state index is 12.1. The van der Waals surface area contributed by atoms with Crippen LogP contribution in [0.15, 0.2) is 24.3 Å². The number of ether oxygens (including phenoxy) is 1. The molecule has 0 spiro atoms. The number of quaternary nitrogens is 1. The van der Waals surface area contributed by atoms with Gasteiger partial charge in [0.2, 0.25) is 0 Å². The van der Waals surface area contributed by atoms with Gasteiger partial charge in [-0.1, -0.05) is 12.1 Å². The molecular formula is C15H23N2O2+. The summed E-state index contributed by atoms with van der Waals surface area (Å²) in [4.78, 5) is 13.5. The van der Waals surface area contributed by atoms with Crippen LogP contribution in [0.25, 0.3) is 0 Å². The van der Waals surface area contributed by atoms with E-state index in [4.69, 9.17) is 4.74 Å². The number of anilines is 1. The zero-order valence-electron chi connectivity index (χ0n) is 11.7. The zero-order chi connectivity index (χ0) is 13.7. The van der Waals surface area contributed by atoms with E-state index in [1.54, 1.807) is 7.11 Å². The summed E-state index contributed by atoms with van der Waals surface area (Å²) in [7, 11) is 1.61. The van der Waals surface area contributed by atoms with Gasteiger partial charge in [0.05, 0.1) is 25.4 Å². The number of methoxy groups -OCH3 is 1. The van der Waals surface area contributed by atoms with E-state index in [1.807, 2.05) is 24.3 Å². The van der Waals surface area contributed by atoms with Crippen LogP contribution in [0, 0.1) is 0 Å². The lowest BCUT2D eigenvalue weighted by molar-refractivity contribution is -0.920. The Hall–Kier alpha value is -1.55. The highest BCUT2D eigenvalue weighted by Crippen LogP contribution is 2.22. The number of nitrogens with one attached hydrogen (secondary N) is 2. The van der Waals surface area contributed by atoms with Crippen molar-refractivity contribution in [1.29, 1.82) is 0 Å². The maximum atomic E-state index is 12.1. The lowest BCUT2D eigenvalue weighted by atomic mass is 10.0. The van der Waals surface area contributed by atoms with Crippen molar-refractivity contribution in [2.75, 3.05) is 25.5 Å². The van der Waals surface area contributed by atoms with Crippen molar-refractivity contribution in [3.8, 4) is 5.75 Å². The Balaban J connectivity index is 1.93. The van der Waals surface area contributed by atoms with Gasteiger partial charge in [0.1, 0.15) is 5.75 Å². The average Bonchev–Trinajstić information content (AvgIpc) is 2.42. The van der Waals surface area contributed by atoms with E-state index in [1.165, 1.54) is 24.2 Å². The number of rotatable bonds is 4. The minimum absolute atomic E-state index is 0.0632. The highest BCUT2D eigenvalue weighted by Gasteiger charge is 2.24. The summed E-state index contributed by atoms with van der Waals surface area (Å²) in [6, 6.07) is 8.09. The smallest absolute Gasteiger partial charge is 0.279 e. The van der Waals surface area contributed by atoms with E-state index in [-0.39, 0.29) is 5.91 Å². The van der Waals surface area contributed by atoms with Crippen LogP contribution in [-0.4, -0.2) is 32.1 Å². The number of hydrogen-bond donors (Lipinski definition) is 2. The second-order valence-electron chi connectivity index (χ2n) is 5.23. The van der Waals surface area contributed by atoms with Gasteiger partial charge in [0.15, 0.2) is 6.54 Å². The molecule has 1 aromatic carbocycles. The molecule has 1 unspecified atom stereocenters. The summed E-state index contributed by atoms with van der Waals surface area (Å²) in [5.41, 5.74) is 0.749. The van der Waals surface area contributed by atoms with Crippen molar-refractivity contribution in [1.82, 2.24) is 0 Å². The Morgan fingerprint density at radius 3 is 2.95 bits per heavy atom. The fourth-order valence-electron chi connectivity index (χ4n) is 2.66. The molecule has 1 heterocycles. The molecule has 1 aromatic rings. The summed E-state index contributed by atoms with van der Waals surface area (Å²) in [6.45, 7) is 3.87. The van der Waals surface area contributed by atoms with Crippen molar-refractivity contribution >= 4 is 11.6 Å². The van der Waals surface area contributed by atoms with Crippen molar-refractivity contribution in [2.24, 2.45) is 0 Å². The largest absolute Gasteiger partial charge is 0.495 e. The van der Waals surface area contributed by atoms with Crippen molar-refractivity contribution in [3.63, 3.8) is 0 Å². The molecule has 4 heteroatoms. The SMILES string of the molecule is COc1ccccc1NC(=O)C[NH+]1CCCC[C@H]1C. The van der Waals surface area contributed by atoms with Crippen LogP contribution in [0.2, 0.25) is 0 Å².